The number of nitrogens with zero attached hydrogens (tertiary/aromatic N) is 1. The van der Waals surface area contributed by atoms with Gasteiger partial charge in [-0.3, -0.25) is 4.79 Å². The normalized spacial score (nSPS) is 12.9. The number of benzene rings is 5. The molecule has 1 radical (unpaired) electrons. The average molecular weight is 972 g/mol. The number of halogens is 3. The third kappa shape index (κ3) is 8.64. The van der Waals surface area contributed by atoms with Crippen LogP contribution in [-0.2, 0) is 31.1 Å². The first-order valence-electron chi connectivity index (χ1n) is 18.6. The van der Waals surface area contributed by atoms with Crippen LogP contribution in [0.1, 0.15) is 72.8 Å². The van der Waals surface area contributed by atoms with Crippen LogP contribution in [-0.4, -0.2) is 29.1 Å². The Bertz CT molecular complexity index is 2330. The van der Waals surface area contributed by atoms with E-state index in [2.05, 4.69) is 64.7 Å². The molecule has 8 heteroatoms. The van der Waals surface area contributed by atoms with Crippen LogP contribution >= 0.6 is 0 Å². The predicted octanol–water partition coefficient (Wildman–Crippen LogP) is 13.4. The van der Waals surface area contributed by atoms with E-state index in [9.17, 15) is 23.1 Å². The fraction of sp³-hybridized carbons (Fsp3) is 0.348. The van der Waals surface area contributed by atoms with E-state index >= 15 is 0 Å². The van der Waals surface area contributed by atoms with Crippen molar-refractivity contribution in [3.05, 3.63) is 109 Å². The van der Waals surface area contributed by atoms with Gasteiger partial charge in [-0.1, -0.05) is 65.1 Å². The topological polar surface area (TPSA) is 50.2 Å². The first-order valence-corrected chi connectivity index (χ1v) is 26.0. The Morgan fingerprint density at radius 2 is 1.30 bits per heavy atom. The van der Waals surface area contributed by atoms with Crippen LogP contribution in [0.25, 0.3) is 54.3 Å². The molecule has 3 nitrogen and oxygen atoms in total. The molecule has 0 saturated carbocycles. The molecule has 0 amide bonds. The van der Waals surface area contributed by atoms with Crippen LogP contribution < -0.4 is 4.40 Å². The number of ketones is 1. The van der Waals surface area contributed by atoms with Gasteiger partial charge < -0.3 is 5.11 Å². The van der Waals surface area contributed by atoms with Crippen LogP contribution in [0.15, 0.2) is 96.9 Å². The van der Waals surface area contributed by atoms with Crippen molar-refractivity contribution in [3.63, 3.8) is 0 Å². The van der Waals surface area contributed by atoms with Crippen molar-refractivity contribution in [2.75, 3.05) is 0 Å². The summed E-state index contributed by atoms with van der Waals surface area (Å²) in [7, 11) is 0. The zero-order chi connectivity index (χ0) is 38.9. The van der Waals surface area contributed by atoms with Crippen molar-refractivity contribution in [3.8, 4) is 11.3 Å². The molecule has 6 aromatic rings. The number of hydrogen-bond donors (Lipinski definition) is 1. The Morgan fingerprint density at radius 1 is 0.741 bits per heavy atom. The third-order valence-electron chi connectivity index (χ3n) is 11.6. The van der Waals surface area contributed by atoms with E-state index in [1.54, 1.807) is 24.4 Å². The second kappa shape index (κ2) is 16.7. The quantitative estimate of drug-likeness (QED) is 0.0516. The van der Waals surface area contributed by atoms with Crippen molar-refractivity contribution in [2.24, 2.45) is 10.8 Å². The Labute approximate surface area is 334 Å². The number of aliphatic hydroxyl groups is 1. The first-order chi connectivity index (χ1) is 24.9. The summed E-state index contributed by atoms with van der Waals surface area (Å²) in [4.78, 5) is 16.7. The number of hydrogen-bond acceptors (Lipinski definition) is 3. The number of allylic oxidation sites excluding steroid dienone is 2. The average Bonchev–Trinajstić information content (AvgIpc) is 3.15. The molecule has 1 aromatic heterocycles. The summed E-state index contributed by atoms with van der Waals surface area (Å²) in [5.74, 6) is 7.45. The number of fused-ring (bicyclic) bond motifs is 6. The molecular formula is C46H51F3GeIrNO2-. The maximum Gasteiger partial charge on any atom is 0 e. The number of alkyl halides is 3. The molecule has 0 bridgehead atoms. The van der Waals surface area contributed by atoms with Gasteiger partial charge in [0.25, 0.3) is 0 Å². The molecule has 0 saturated heterocycles. The van der Waals surface area contributed by atoms with E-state index in [1.807, 2.05) is 53.7 Å². The molecule has 54 heavy (non-hydrogen) atoms. The van der Waals surface area contributed by atoms with Crippen LogP contribution in [0.5, 0.6) is 0 Å². The molecule has 1 N–H and O–H groups in total. The fourth-order valence-corrected chi connectivity index (χ4v) is 9.23. The van der Waals surface area contributed by atoms with Gasteiger partial charge in [0.05, 0.1) is 0 Å². The summed E-state index contributed by atoms with van der Waals surface area (Å²) >= 11 is -1.96. The minimum absolute atomic E-state index is 0. The van der Waals surface area contributed by atoms with Gasteiger partial charge in [-0.2, -0.15) is 13.2 Å². The molecule has 1 heterocycles. The minimum Gasteiger partial charge on any atom is 0 e. The molecule has 0 aliphatic rings. The van der Waals surface area contributed by atoms with E-state index in [4.69, 9.17) is 0 Å². The largest absolute Gasteiger partial charge is 0 e. The second-order valence-electron chi connectivity index (χ2n) is 15.7. The van der Waals surface area contributed by atoms with Crippen molar-refractivity contribution < 1.29 is 43.2 Å². The number of carbonyl (C=O) groups excluding carboxylic acids is 1. The van der Waals surface area contributed by atoms with E-state index in [0.29, 0.717) is 16.6 Å². The van der Waals surface area contributed by atoms with Crippen molar-refractivity contribution in [2.45, 2.75) is 90.7 Å². The first kappa shape index (κ1) is 43.2. The van der Waals surface area contributed by atoms with E-state index < -0.39 is 25.0 Å². The van der Waals surface area contributed by atoms with Crippen molar-refractivity contribution >= 4 is 66.5 Å². The molecule has 0 unspecified atom stereocenters. The van der Waals surface area contributed by atoms with E-state index in [0.717, 1.165) is 47.2 Å². The molecule has 0 spiro atoms. The Kier molecular flexibility index (Phi) is 13.4. The van der Waals surface area contributed by atoms with Gasteiger partial charge in [-0.15, -0.1) is 6.07 Å². The summed E-state index contributed by atoms with van der Waals surface area (Å²) in [5, 5.41) is 17.1. The number of aromatic nitrogens is 1. The SMILES string of the molecule is CCC(C)(CC)C(=O)/C=C(\O)C(C)(CC)CC.[CH3][Ge]([CH3])([CH3])[c]1ccc2c(ccc3c4ccnc(-c5[c-]c6ccccc6c(C(F)(F)F)c5)c4ccc23)c1.[Ir]. The van der Waals surface area contributed by atoms with Gasteiger partial charge in [0.1, 0.15) is 5.76 Å². The zero-order valence-electron chi connectivity index (χ0n) is 32.8. The van der Waals surface area contributed by atoms with Crippen LogP contribution in [0.4, 0.5) is 13.2 Å². The third-order valence-corrected chi connectivity index (χ3v) is 15.8. The maximum atomic E-state index is 14.0. The van der Waals surface area contributed by atoms with Crippen molar-refractivity contribution in [1.82, 2.24) is 4.98 Å². The maximum absolute atomic E-state index is 14.0. The number of pyridine rings is 1. The van der Waals surface area contributed by atoms with Gasteiger partial charge in [-0.25, -0.2) is 0 Å². The predicted molar refractivity (Wildman–Crippen MR) is 220 cm³/mol. The van der Waals surface area contributed by atoms with Crippen LogP contribution in [0, 0.1) is 16.9 Å². The van der Waals surface area contributed by atoms with Crippen LogP contribution in [0.3, 0.4) is 0 Å². The summed E-state index contributed by atoms with van der Waals surface area (Å²) in [6.45, 7) is 12.1. The fourth-order valence-electron chi connectivity index (χ4n) is 6.77. The van der Waals surface area contributed by atoms with Gasteiger partial charge in [-0.05, 0) is 25.7 Å². The summed E-state index contributed by atoms with van der Waals surface area (Å²) in [6, 6.07) is 27.9. The molecule has 0 aliphatic heterocycles. The Balaban J connectivity index is 0.000000309. The smallest absolute Gasteiger partial charge is 0 e. The second-order valence-corrected chi connectivity index (χ2v) is 26.4. The zero-order valence-corrected chi connectivity index (χ0v) is 37.3. The van der Waals surface area contributed by atoms with Crippen molar-refractivity contribution in [1.29, 1.82) is 0 Å². The standard InChI is InChI=1S/C31H23F3GeN.C15H28O2.Ir/c1-35(2,3)22-9-11-23-20(17-22)8-10-26-25(23)12-13-28-27(26)14-15-36-30(28)21-16-19-6-4-5-7-24(19)29(18-21)31(32,33)34;1-7-14(5,8-2)12(16)11-13(17)15(6,9-3)10-4;/h4-15,17-18H,1-3H3;11,16H,7-10H2,1-6H3;/q-1;;/b;12-11-;. The molecular weight excluding hydrogens is 920 g/mol. The Morgan fingerprint density at radius 3 is 1.91 bits per heavy atom. The number of rotatable bonds is 9. The molecule has 5 aromatic carbocycles. The molecule has 0 aliphatic carbocycles. The summed E-state index contributed by atoms with van der Waals surface area (Å²) < 4.78 is 43.3. The molecule has 0 atom stereocenters. The van der Waals surface area contributed by atoms with E-state index in [1.165, 1.54) is 33.4 Å². The van der Waals surface area contributed by atoms with Crippen LogP contribution in [0.2, 0.25) is 17.3 Å². The monoisotopic (exact) mass is 973 g/mol. The number of aliphatic hydroxyl groups excluding tert-OH is 1. The molecule has 0 fully saturated rings. The van der Waals surface area contributed by atoms with Gasteiger partial charge >= 0.3 is 167 Å². The molecule has 287 valence electrons. The minimum atomic E-state index is -4.48. The molecule has 6 rings (SSSR count). The number of carbonyl (C=O) groups is 1. The van der Waals surface area contributed by atoms with E-state index in [-0.39, 0.29) is 47.9 Å². The summed E-state index contributed by atoms with van der Waals surface area (Å²) in [5.41, 5.74) is -0.430. The Hall–Kier alpha value is -3.52. The van der Waals surface area contributed by atoms with Gasteiger partial charge in [0.15, 0.2) is 5.78 Å². The van der Waals surface area contributed by atoms with Gasteiger partial charge in [0.2, 0.25) is 0 Å². The van der Waals surface area contributed by atoms with Gasteiger partial charge in [0, 0.05) is 37.0 Å². The summed E-state index contributed by atoms with van der Waals surface area (Å²) in [6.07, 6.45) is 1.95.